The maximum atomic E-state index is 12.8. The molecule has 28 heavy (non-hydrogen) atoms. The number of methoxy groups -OCH3 is 1. The molecule has 0 aromatic heterocycles. The van der Waals surface area contributed by atoms with Crippen LogP contribution in [0.25, 0.3) is 0 Å². The summed E-state index contributed by atoms with van der Waals surface area (Å²) in [5.74, 6) is -0.508. The molecule has 0 spiro atoms. The lowest BCUT2D eigenvalue weighted by atomic mass is 9.86. The number of carbonyl (C=O) groups excluding carboxylic acids is 2. The number of unbranched alkanes of at least 4 members (excludes halogenated alkanes) is 5. The molecule has 0 radical (unpaired) electrons. The molecule has 5 heteroatoms. The molecule has 162 valence electrons. The van der Waals surface area contributed by atoms with E-state index in [9.17, 15) is 19.8 Å². The van der Waals surface area contributed by atoms with Crippen LogP contribution in [0.15, 0.2) is 12.2 Å². The molecule has 0 unspecified atom stereocenters. The summed E-state index contributed by atoms with van der Waals surface area (Å²) < 4.78 is 4.64. The Morgan fingerprint density at radius 1 is 1.18 bits per heavy atom. The Morgan fingerprint density at radius 2 is 1.86 bits per heavy atom. The fourth-order valence-electron chi connectivity index (χ4n) is 4.11. The summed E-state index contributed by atoms with van der Waals surface area (Å²) >= 11 is 0. The fraction of sp³-hybridized carbons (Fsp3) is 0.826. The van der Waals surface area contributed by atoms with E-state index >= 15 is 0 Å². The second kappa shape index (κ2) is 12.4. The molecular weight excluding hydrogens is 356 g/mol. The monoisotopic (exact) mass is 396 g/mol. The van der Waals surface area contributed by atoms with Crippen LogP contribution < -0.4 is 0 Å². The van der Waals surface area contributed by atoms with E-state index in [4.69, 9.17) is 0 Å². The molecule has 1 aliphatic rings. The third kappa shape index (κ3) is 7.32. The summed E-state index contributed by atoms with van der Waals surface area (Å²) in [7, 11) is 1.40. The van der Waals surface area contributed by atoms with Crippen molar-refractivity contribution in [3.05, 3.63) is 12.2 Å². The van der Waals surface area contributed by atoms with Gasteiger partial charge in [-0.1, -0.05) is 71.4 Å². The van der Waals surface area contributed by atoms with Gasteiger partial charge in [0.1, 0.15) is 5.78 Å². The number of hydrogen-bond acceptors (Lipinski definition) is 5. The molecule has 1 saturated carbocycles. The van der Waals surface area contributed by atoms with Crippen LogP contribution in [0.3, 0.4) is 0 Å². The standard InChI is InChI=1S/C23H40O5/c1-5-6-9-12-17(24)15-16-19-18(21(26)23(2,3)22(19)27)13-10-7-8-11-14-20(25)28-4/h15-19,22,24,27H,5-14H2,1-4H3/b16-15+/t17-,18+,19+,22-/m0/s1. The van der Waals surface area contributed by atoms with Crippen LogP contribution in [0.1, 0.15) is 85.0 Å². The predicted molar refractivity (Wildman–Crippen MR) is 111 cm³/mol. The lowest BCUT2D eigenvalue weighted by Crippen LogP contribution is -2.31. The molecule has 0 amide bonds. The van der Waals surface area contributed by atoms with Gasteiger partial charge in [0.05, 0.1) is 24.7 Å². The number of ether oxygens (including phenoxy) is 1. The molecule has 0 aliphatic heterocycles. The van der Waals surface area contributed by atoms with Gasteiger partial charge < -0.3 is 14.9 Å². The van der Waals surface area contributed by atoms with Crippen molar-refractivity contribution in [2.75, 3.05) is 7.11 Å². The van der Waals surface area contributed by atoms with Crippen LogP contribution in [0.2, 0.25) is 0 Å². The van der Waals surface area contributed by atoms with Crippen LogP contribution in [0.4, 0.5) is 0 Å². The molecule has 1 rings (SSSR count). The maximum Gasteiger partial charge on any atom is 0.305 e. The molecule has 2 N–H and O–H groups in total. The molecule has 0 aromatic carbocycles. The van der Waals surface area contributed by atoms with Gasteiger partial charge in [0.15, 0.2) is 0 Å². The van der Waals surface area contributed by atoms with Gasteiger partial charge in [0.25, 0.3) is 0 Å². The van der Waals surface area contributed by atoms with Crippen molar-refractivity contribution in [1.82, 2.24) is 0 Å². The van der Waals surface area contributed by atoms with E-state index < -0.39 is 17.6 Å². The largest absolute Gasteiger partial charge is 0.469 e. The molecular formula is C23H40O5. The first kappa shape index (κ1) is 24.8. The Labute approximate surface area is 170 Å². The van der Waals surface area contributed by atoms with Gasteiger partial charge in [0, 0.05) is 18.3 Å². The quantitative estimate of drug-likeness (QED) is 0.277. The highest BCUT2D eigenvalue weighted by atomic mass is 16.5. The highest BCUT2D eigenvalue weighted by molar-refractivity contribution is 5.90. The molecule has 4 atom stereocenters. The van der Waals surface area contributed by atoms with Crippen LogP contribution in [-0.2, 0) is 14.3 Å². The SMILES string of the molecule is CCCCC[C@H](O)/C=C/[C@@H]1[C@@H](CCCCCCC(=O)OC)C(=O)C(C)(C)[C@H]1O. The zero-order valence-corrected chi connectivity index (χ0v) is 18.2. The minimum absolute atomic E-state index is 0.115. The molecule has 5 nitrogen and oxygen atoms in total. The number of aliphatic hydroxyl groups excluding tert-OH is 2. The number of Topliss-reactive ketones (excluding diaryl/α,β-unsaturated/α-hetero) is 1. The summed E-state index contributed by atoms with van der Waals surface area (Å²) in [5.41, 5.74) is -0.752. The second-order valence-electron chi connectivity index (χ2n) is 8.69. The van der Waals surface area contributed by atoms with Gasteiger partial charge in [-0.05, 0) is 19.3 Å². The normalized spacial score (nSPS) is 25.4. The van der Waals surface area contributed by atoms with Gasteiger partial charge >= 0.3 is 5.97 Å². The van der Waals surface area contributed by atoms with Crippen molar-refractivity contribution in [2.45, 2.75) is 97.2 Å². The first-order valence-corrected chi connectivity index (χ1v) is 10.9. The Kier molecular flexibility index (Phi) is 11.0. The Balaban J connectivity index is 2.57. The first-order valence-electron chi connectivity index (χ1n) is 10.9. The smallest absolute Gasteiger partial charge is 0.305 e. The minimum Gasteiger partial charge on any atom is -0.469 e. The van der Waals surface area contributed by atoms with E-state index in [1.807, 2.05) is 19.9 Å². The molecule has 1 aliphatic carbocycles. The number of rotatable bonds is 13. The minimum atomic E-state index is -0.752. The van der Waals surface area contributed by atoms with Crippen molar-refractivity contribution in [2.24, 2.45) is 17.3 Å². The molecule has 0 heterocycles. The first-order chi connectivity index (χ1) is 13.3. The van der Waals surface area contributed by atoms with Crippen molar-refractivity contribution in [3.63, 3.8) is 0 Å². The van der Waals surface area contributed by atoms with E-state index in [1.165, 1.54) is 7.11 Å². The van der Waals surface area contributed by atoms with Crippen LogP contribution >= 0.6 is 0 Å². The van der Waals surface area contributed by atoms with Gasteiger partial charge in [-0.25, -0.2) is 0 Å². The van der Waals surface area contributed by atoms with E-state index in [-0.39, 0.29) is 23.6 Å². The third-order valence-corrected chi connectivity index (χ3v) is 6.07. The summed E-state index contributed by atoms with van der Waals surface area (Å²) in [5, 5.41) is 20.9. The van der Waals surface area contributed by atoms with Gasteiger partial charge in [0.2, 0.25) is 0 Å². The number of esters is 1. The molecule has 0 bridgehead atoms. The summed E-state index contributed by atoms with van der Waals surface area (Å²) in [6.07, 6.45) is 11.1. The summed E-state index contributed by atoms with van der Waals surface area (Å²) in [6.45, 7) is 5.76. The van der Waals surface area contributed by atoms with Gasteiger partial charge in [-0.3, -0.25) is 9.59 Å². The summed E-state index contributed by atoms with van der Waals surface area (Å²) in [6, 6.07) is 0. The van der Waals surface area contributed by atoms with E-state index in [0.29, 0.717) is 6.42 Å². The lowest BCUT2D eigenvalue weighted by Gasteiger charge is -2.22. The lowest BCUT2D eigenvalue weighted by molar-refractivity contribution is -0.140. The van der Waals surface area contributed by atoms with Crippen molar-refractivity contribution >= 4 is 11.8 Å². The third-order valence-electron chi connectivity index (χ3n) is 6.07. The highest BCUT2D eigenvalue weighted by Crippen LogP contribution is 2.45. The molecule has 0 saturated heterocycles. The zero-order chi connectivity index (χ0) is 21.2. The highest BCUT2D eigenvalue weighted by Gasteiger charge is 2.52. The number of hydrogen-bond donors (Lipinski definition) is 2. The van der Waals surface area contributed by atoms with Crippen LogP contribution in [-0.4, -0.2) is 41.3 Å². The Hall–Kier alpha value is -1.20. The van der Waals surface area contributed by atoms with Crippen molar-refractivity contribution in [3.8, 4) is 0 Å². The van der Waals surface area contributed by atoms with Crippen molar-refractivity contribution in [1.29, 1.82) is 0 Å². The van der Waals surface area contributed by atoms with Crippen LogP contribution in [0.5, 0.6) is 0 Å². The van der Waals surface area contributed by atoms with Gasteiger partial charge in [-0.2, -0.15) is 0 Å². The number of carbonyl (C=O) groups is 2. The topological polar surface area (TPSA) is 83.8 Å². The van der Waals surface area contributed by atoms with Crippen LogP contribution in [0, 0.1) is 17.3 Å². The molecule has 0 aromatic rings. The number of aliphatic hydroxyl groups is 2. The average molecular weight is 397 g/mol. The van der Waals surface area contributed by atoms with Gasteiger partial charge in [-0.15, -0.1) is 0 Å². The summed E-state index contributed by atoms with van der Waals surface area (Å²) in [4.78, 5) is 24.0. The number of ketones is 1. The Bertz CT molecular complexity index is 511. The maximum absolute atomic E-state index is 12.8. The van der Waals surface area contributed by atoms with E-state index in [2.05, 4.69) is 11.7 Å². The fourth-order valence-corrected chi connectivity index (χ4v) is 4.11. The average Bonchev–Trinajstić information content (AvgIpc) is 2.82. The Morgan fingerprint density at radius 3 is 2.50 bits per heavy atom. The predicted octanol–water partition coefficient (Wildman–Crippen LogP) is 4.20. The molecule has 1 fully saturated rings. The van der Waals surface area contributed by atoms with E-state index in [1.54, 1.807) is 6.08 Å². The van der Waals surface area contributed by atoms with E-state index in [0.717, 1.165) is 57.8 Å². The van der Waals surface area contributed by atoms with Crippen molar-refractivity contribution < 1.29 is 24.5 Å². The second-order valence-corrected chi connectivity index (χ2v) is 8.69. The zero-order valence-electron chi connectivity index (χ0n) is 18.2.